The van der Waals surface area contributed by atoms with Gasteiger partial charge in [-0.15, -0.1) is 0 Å². The number of hydrogen-bond acceptors (Lipinski definition) is 5. The van der Waals surface area contributed by atoms with Crippen LogP contribution in [0.1, 0.15) is 20.3 Å². The Morgan fingerprint density at radius 3 is 2.53 bits per heavy atom. The van der Waals surface area contributed by atoms with Crippen molar-refractivity contribution in [2.45, 2.75) is 30.5 Å². The molecular formula is C11H18ClN3O2S2. The minimum absolute atomic E-state index is 0.231. The molecule has 8 heteroatoms. The van der Waals surface area contributed by atoms with Crippen molar-refractivity contribution >= 4 is 33.0 Å². The Hall–Kier alpha value is -0.210. The molecule has 108 valence electrons. The molecule has 0 aromatic carbocycles. The van der Waals surface area contributed by atoms with E-state index in [0.717, 1.165) is 30.8 Å². The summed E-state index contributed by atoms with van der Waals surface area (Å²) >= 11 is 6.72. The molecule has 2 rings (SSSR count). The Kier molecular flexibility index (Phi) is 4.84. The van der Waals surface area contributed by atoms with Crippen LogP contribution in [0.25, 0.3) is 0 Å². The van der Waals surface area contributed by atoms with Crippen molar-refractivity contribution in [3.05, 3.63) is 10.7 Å². The third kappa shape index (κ3) is 3.28. The summed E-state index contributed by atoms with van der Waals surface area (Å²) in [4.78, 5) is 6.13. The van der Waals surface area contributed by atoms with Gasteiger partial charge in [-0.1, -0.05) is 29.9 Å². The summed E-state index contributed by atoms with van der Waals surface area (Å²) in [5.74, 6) is 0. The third-order valence-electron chi connectivity index (χ3n) is 3.54. The minimum atomic E-state index is -3.42. The van der Waals surface area contributed by atoms with Crippen LogP contribution in [-0.2, 0) is 10.0 Å². The highest BCUT2D eigenvalue weighted by atomic mass is 35.5. The van der Waals surface area contributed by atoms with Crippen molar-refractivity contribution in [3.63, 3.8) is 0 Å². The average molecular weight is 324 g/mol. The molecule has 0 radical (unpaired) electrons. The van der Waals surface area contributed by atoms with Gasteiger partial charge in [0.25, 0.3) is 10.0 Å². The van der Waals surface area contributed by atoms with Crippen molar-refractivity contribution < 1.29 is 8.42 Å². The number of aromatic nitrogens is 1. The fourth-order valence-electron chi connectivity index (χ4n) is 2.13. The molecule has 19 heavy (non-hydrogen) atoms. The Morgan fingerprint density at radius 1 is 1.42 bits per heavy atom. The molecule has 1 fully saturated rings. The van der Waals surface area contributed by atoms with Crippen LogP contribution >= 0.6 is 22.9 Å². The second-order valence-corrected chi connectivity index (χ2v) is 8.41. The molecule has 5 nitrogen and oxygen atoms in total. The van der Waals surface area contributed by atoms with Crippen molar-refractivity contribution in [2.75, 3.05) is 26.2 Å². The standard InChI is InChI=1S/C11H18ClN3O2S2/c1-3-9(2)14-4-6-15(7-5-14)19(16,17)10-8-13-11(12)18-10/h8-9H,3-7H2,1-2H3. The van der Waals surface area contributed by atoms with Crippen molar-refractivity contribution in [2.24, 2.45) is 0 Å². The maximum atomic E-state index is 12.4. The van der Waals surface area contributed by atoms with Crippen LogP contribution in [-0.4, -0.2) is 54.8 Å². The maximum Gasteiger partial charge on any atom is 0.254 e. The lowest BCUT2D eigenvalue weighted by atomic mass is 10.2. The van der Waals surface area contributed by atoms with E-state index in [1.54, 1.807) is 0 Å². The predicted octanol–water partition coefficient (Wildman–Crippen LogP) is 1.90. The highest BCUT2D eigenvalue weighted by Gasteiger charge is 2.30. The van der Waals surface area contributed by atoms with E-state index in [0.29, 0.717) is 19.1 Å². The molecule has 0 spiro atoms. The van der Waals surface area contributed by atoms with Crippen LogP contribution < -0.4 is 0 Å². The van der Waals surface area contributed by atoms with Gasteiger partial charge in [0.2, 0.25) is 0 Å². The summed E-state index contributed by atoms with van der Waals surface area (Å²) < 4.78 is 26.7. The number of piperazine rings is 1. The van der Waals surface area contributed by atoms with Gasteiger partial charge in [-0.25, -0.2) is 13.4 Å². The van der Waals surface area contributed by atoms with E-state index in [1.807, 2.05) is 0 Å². The van der Waals surface area contributed by atoms with E-state index in [4.69, 9.17) is 11.6 Å². The Morgan fingerprint density at radius 2 is 2.05 bits per heavy atom. The summed E-state index contributed by atoms with van der Waals surface area (Å²) in [6, 6.07) is 0.503. The molecule has 0 bridgehead atoms. The number of halogens is 1. The zero-order chi connectivity index (χ0) is 14.0. The molecule has 1 aromatic heterocycles. The molecule has 1 aromatic rings. The first kappa shape index (κ1) is 15.2. The van der Waals surface area contributed by atoms with E-state index in [2.05, 4.69) is 23.7 Å². The fourth-order valence-corrected chi connectivity index (χ4v) is 5.00. The average Bonchev–Trinajstić information content (AvgIpc) is 2.85. The molecular weight excluding hydrogens is 306 g/mol. The zero-order valence-corrected chi connectivity index (χ0v) is 13.4. The van der Waals surface area contributed by atoms with E-state index in [-0.39, 0.29) is 8.68 Å². The number of rotatable bonds is 4. The SMILES string of the molecule is CCC(C)N1CCN(S(=O)(=O)c2cnc(Cl)s2)CC1. The minimum Gasteiger partial charge on any atom is -0.298 e. The number of sulfonamides is 1. The lowest BCUT2D eigenvalue weighted by molar-refractivity contribution is 0.143. The van der Waals surface area contributed by atoms with Gasteiger partial charge >= 0.3 is 0 Å². The topological polar surface area (TPSA) is 53.5 Å². The van der Waals surface area contributed by atoms with Crippen LogP contribution in [0.3, 0.4) is 0 Å². The lowest BCUT2D eigenvalue weighted by Crippen LogP contribution is -2.50. The Bertz CT molecular complexity index is 524. The quantitative estimate of drug-likeness (QED) is 0.849. The van der Waals surface area contributed by atoms with Crippen LogP contribution in [0.2, 0.25) is 4.47 Å². The van der Waals surface area contributed by atoms with Gasteiger partial charge in [-0.2, -0.15) is 4.31 Å². The van der Waals surface area contributed by atoms with Gasteiger partial charge in [-0.3, -0.25) is 4.90 Å². The highest BCUT2D eigenvalue weighted by Crippen LogP contribution is 2.26. The van der Waals surface area contributed by atoms with Gasteiger partial charge < -0.3 is 0 Å². The van der Waals surface area contributed by atoms with E-state index < -0.39 is 10.0 Å². The van der Waals surface area contributed by atoms with E-state index >= 15 is 0 Å². The monoisotopic (exact) mass is 323 g/mol. The van der Waals surface area contributed by atoms with Gasteiger partial charge in [0, 0.05) is 32.2 Å². The highest BCUT2D eigenvalue weighted by molar-refractivity contribution is 7.91. The van der Waals surface area contributed by atoms with E-state index in [9.17, 15) is 8.42 Å². The van der Waals surface area contributed by atoms with Gasteiger partial charge in [0.1, 0.15) is 0 Å². The van der Waals surface area contributed by atoms with Gasteiger partial charge in [0.05, 0.1) is 6.20 Å². The summed E-state index contributed by atoms with van der Waals surface area (Å²) in [6.45, 7) is 6.94. The Labute approximate surface area is 123 Å². The van der Waals surface area contributed by atoms with Crippen molar-refractivity contribution in [1.29, 1.82) is 0 Å². The summed E-state index contributed by atoms with van der Waals surface area (Å²) in [7, 11) is -3.42. The molecule has 1 saturated heterocycles. The smallest absolute Gasteiger partial charge is 0.254 e. The maximum absolute atomic E-state index is 12.4. The number of hydrogen-bond donors (Lipinski definition) is 0. The predicted molar refractivity (Wildman–Crippen MR) is 77.2 cm³/mol. The largest absolute Gasteiger partial charge is 0.298 e. The second kappa shape index (κ2) is 6.05. The molecule has 0 saturated carbocycles. The van der Waals surface area contributed by atoms with Crippen LogP contribution in [0.15, 0.2) is 10.4 Å². The summed E-state index contributed by atoms with van der Waals surface area (Å²) in [5, 5.41) is 0. The molecule has 0 amide bonds. The second-order valence-electron chi connectivity index (χ2n) is 4.63. The van der Waals surface area contributed by atoms with Gasteiger partial charge in [0.15, 0.2) is 8.68 Å². The van der Waals surface area contributed by atoms with Crippen LogP contribution in [0.5, 0.6) is 0 Å². The molecule has 1 aliphatic heterocycles. The molecule has 0 aliphatic carbocycles. The first-order valence-corrected chi connectivity index (χ1v) is 8.94. The molecule has 2 heterocycles. The molecule has 1 unspecified atom stereocenters. The summed E-state index contributed by atoms with van der Waals surface area (Å²) in [6.07, 6.45) is 2.42. The molecule has 1 aliphatic rings. The normalized spacial score (nSPS) is 20.6. The number of nitrogens with zero attached hydrogens (tertiary/aromatic N) is 3. The van der Waals surface area contributed by atoms with Crippen LogP contribution in [0.4, 0.5) is 0 Å². The Balaban J connectivity index is 2.05. The van der Waals surface area contributed by atoms with Gasteiger partial charge in [-0.05, 0) is 13.3 Å². The lowest BCUT2D eigenvalue weighted by Gasteiger charge is -2.36. The van der Waals surface area contributed by atoms with E-state index in [1.165, 1.54) is 10.5 Å². The zero-order valence-electron chi connectivity index (χ0n) is 11.0. The van der Waals surface area contributed by atoms with Crippen LogP contribution in [0, 0.1) is 0 Å². The molecule has 0 N–H and O–H groups in total. The first-order chi connectivity index (χ1) is 8.95. The van der Waals surface area contributed by atoms with Crippen molar-refractivity contribution in [1.82, 2.24) is 14.2 Å². The first-order valence-electron chi connectivity index (χ1n) is 6.30. The third-order valence-corrected chi connectivity index (χ3v) is 6.99. The fraction of sp³-hybridized carbons (Fsp3) is 0.727. The summed E-state index contributed by atoms with van der Waals surface area (Å²) in [5.41, 5.74) is 0. The number of thiazole rings is 1. The molecule has 1 atom stereocenters. The van der Waals surface area contributed by atoms with Crippen molar-refractivity contribution in [3.8, 4) is 0 Å².